The second kappa shape index (κ2) is 13.1. The van der Waals surface area contributed by atoms with E-state index in [0.717, 1.165) is 30.8 Å². The zero-order valence-corrected chi connectivity index (χ0v) is 18.7. The van der Waals surface area contributed by atoms with Crippen molar-refractivity contribution in [2.24, 2.45) is 5.92 Å². The van der Waals surface area contributed by atoms with E-state index < -0.39 is 5.97 Å². The lowest BCUT2D eigenvalue weighted by atomic mass is 9.90. The summed E-state index contributed by atoms with van der Waals surface area (Å²) in [6, 6.07) is 14.9. The van der Waals surface area contributed by atoms with Crippen LogP contribution in [0.2, 0.25) is 0 Å². The molecule has 0 bridgehead atoms. The third-order valence-corrected chi connectivity index (χ3v) is 5.59. The van der Waals surface area contributed by atoms with Crippen LogP contribution in [-0.4, -0.2) is 24.2 Å². The maximum atomic E-state index is 10.5. The predicted octanol–water partition coefficient (Wildman–Crippen LogP) is 5.69. The molecule has 0 aliphatic rings. The van der Waals surface area contributed by atoms with Gasteiger partial charge in [0.2, 0.25) is 0 Å². The number of aliphatic carboxylic acids is 1. The van der Waals surface area contributed by atoms with Crippen molar-refractivity contribution in [2.45, 2.75) is 65.8 Å². The Kier molecular flexibility index (Phi) is 10.4. The van der Waals surface area contributed by atoms with Gasteiger partial charge in [-0.2, -0.15) is 0 Å². The second-order valence-corrected chi connectivity index (χ2v) is 8.23. The fourth-order valence-electron chi connectivity index (χ4n) is 3.71. The van der Waals surface area contributed by atoms with Gasteiger partial charge in [0.1, 0.15) is 5.75 Å². The van der Waals surface area contributed by atoms with Crippen LogP contribution >= 0.6 is 0 Å². The van der Waals surface area contributed by atoms with E-state index >= 15 is 0 Å². The Balaban J connectivity index is 1.71. The molecular formula is C26H37NO3. The van der Waals surface area contributed by atoms with Crippen molar-refractivity contribution in [1.82, 2.24) is 5.32 Å². The van der Waals surface area contributed by atoms with Crippen LogP contribution in [0.1, 0.15) is 61.3 Å². The summed E-state index contributed by atoms with van der Waals surface area (Å²) < 4.78 is 5.93. The van der Waals surface area contributed by atoms with Crippen molar-refractivity contribution in [3.63, 3.8) is 0 Å². The Hall–Kier alpha value is -2.33. The van der Waals surface area contributed by atoms with Crippen LogP contribution < -0.4 is 10.1 Å². The topological polar surface area (TPSA) is 58.6 Å². The highest BCUT2D eigenvalue weighted by Crippen LogP contribution is 2.22. The second-order valence-electron chi connectivity index (χ2n) is 8.23. The minimum Gasteiger partial charge on any atom is -0.494 e. The third-order valence-electron chi connectivity index (χ3n) is 5.59. The van der Waals surface area contributed by atoms with E-state index in [2.05, 4.69) is 44.3 Å². The summed E-state index contributed by atoms with van der Waals surface area (Å²) >= 11 is 0. The molecule has 0 aliphatic carbocycles. The fraction of sp³-hybridized carbons (Fsp3) is 0.500. The lowest BCUT2D eigenvalue weighted by molar-refractivity contribution is -0.136. The monoisotopic (exact) mass is 411 g/mol. The molecular weight excluding hydrogens is 374 g/mol. The molecule has 4 nitrogen and oxygen atoms in total. The molecule has 0 aromatic heterocycles. The molecule has 0 unspecified atom stereocenters. The van der Waals surface area contributed by atoms with Gasteiger partial charge in [-0.1, -0.05) is 50.1 Å². The van der Waals surface area contributed by atoms with Gasteiger partial charge in [-0.15, -0.1) is 0 Å². The van der Waals surface area contributed by atoms with Crippen molar-refractivity contribution < 1.29 is 14.6 Å². The molecule has 2 aromatic rings. The highest BCUT2D eigenvalue weighted by Gasteiger charge is 2.10. The van der Waals surface area contributed by atoms with Gasteiger partial charge in [-0.05, 0) is 73.4 Å². The van der Waals surface area contributed by atoms with Crippen molar-refractivity contribution in [2.75, 3.05) is 13.2 Å². The molecule has 0 fully saturated rings. The summed E-state index contributed by atoms with van der Waals surface area (Å²) in [4.78, 5) is 10.5. The zero-order valence-electron chi connectivity index (χ0n) is 18.7. The molecule has 164 valence electrons. The number of rotatable bonds is 14. The SMILES string of the molecule is CCC[C@@H](CCCOc1ccc(CNCCC(=O)O)cc1)Cc1ccc(C)c(C)c1. The average molecular weight is 412 g/mol. The lowest BCUT2D eigenvalue weighted by Gasteiger charge is -2.17. The maximum absolute atomic E-state index is 10.5. The van der Waals surface area contributed by atoms with Crippen LogP contribution in [0.15, 0.2) is 42.5 Å². The first-order valence-corrected chi connectivity index (χ1v) is 11.2. The molecule has 2 N–H and O–H groups in total. The minimum absolute atomic E-state index is 0.143. The number of nitrogens with one attached hydrogen (secondary N) is 1. The van der Waals surface area contributed by atoms with Crippen LogP contribution in [0.25, 0.3) is 0 Å². The predicted molar refractivity (Wildman–Crippen MR) is 123 cm³/mol. The first-order valence-electron chi connectivity index (χ1n) is 11.2. The fourth-order valence-corrected chi connectivity index (χ4v) is 3.71. The zero-order chi connectivity index (χ0) is 21.8. The van der Waals surface area contributed by atoms with Gasteiger partial charge >= 0.3 is 5.97 Å². The van der Waals surface area contributed by atoms with E-state index in [1.165, 1.54) is 36.0 Å². The van der Waals surface area contributed by atoms with Crippen molar-refractivity contribution in [3.8, 4) is 5.75 Å². The average Bonchev–Trinajstić information content (AvgIpc) is 2.72. The highest BCUT2D eigenvalue weighted by molar-refractivity contribution is 5.66. The largest absolute Gasteiger partial charge is 0.494 e. The van der Waals surface area contributed by atoms with Crippen LogP contribution in [0.3, 0.4) is 0 Å². The maximum Gasteiger partial charge on any atom is 0.304 e. The molecule has 0 saturated carbocycles. The molecule has 4 heteroatoms. The van der Waals surface area contributed by atoms with Crippen molar-refractivity contribution >= 4 is 5.97 Å². The van der Waals surface area contributed by atoms with E-state index in [-0.39, 0.29) is 6.42 Å². The lowest BCUT2D eigenvalue weighted by Crippen LogP contribution is -2.17. The van der Waals surface area contributed by atoms with Crippen molar-refractivity contribution in [3.05, 3.63) is 64.7 Å². The van der Waals surface area contributed by atoms with Crippen LogP contribution in [-0.2, 0) is 17.8 Å². The molecule has 30 heavy (non-hydrogen) atoms. The third kappa shape index (κ3) is 9.00. The molecule has 0 saturated heterocycles. The number of carboxylic acid groups (broad SMARTS) is 1. The number of hydrogen-bond acceptors (Lipinski definition) is 3. The number of benzene rings is 2. The van der Waals surface area contributed by atoms with Gasteiger partial charge < -0.3 is 15.2 Å². The number of aryl methyl sites for hydroxylation is 2. The minimum atomic E-state index is -0.776. The van der Waals surface area contributed by atoms with Gasteiger partial charge in [0.15, 0.2) is 0 Å². The summed E-state index contributed by atoms with van der Waals surface area (Å²) in [7, 11) is 0. The Morgan fingerprint density at radius 1 is 1.03 bits per heavy atom. The van der Waals surface area contributed by atoms with Crippen LogP contribution in [0, 0.1) is 19.8 Å². The Labute approximate surface area is 181 Å². The standard InChI is InChI=1S/C26H37NO3/c1-4-6-22(18-24-9-8-20(2)21(3)17-24)7-5-16-30-25-12-10-23(11-13-25)19-27-15-14-26(28)29/h8-13,17,22,27H,4-7,14-16,18-19H2,1-3H3,(H,28,29)/t22-/m0/s1. The molecule has 1 atom stereocenters. The molecule has 2 aromatic carbocycles. The Morgan fingerprint density at radius 3 is 2.43 bits per heavy atom. The summed E-state index contributed by atoms with van der Waals surface area (Å²) in [6.45, 7) is 8.52. The van der Waals surface area contributed by atoms with E-state index in [0.29, 0.717) is 19.0 Å². The number of ether oxygens (including phenoxy) is 1. The Morgan fingerprint density at radius 2 is 1.77 bits per heavy atom. The molecule has 2 rings (SSSR count). The van der Waals surface area contributed by atoms with Gasteiger partial charge in [-0.25, -0.2) is 0 Å². The number of carboxylic acids is 1. The molecule has 0 aliphatic heterocycles. The van der Waals surface area contributed by atoms with Crippen molar-refractivity contribution in [1.29, 1.82) is 0 Å². The number of carbonyl (C=O) groups is 1. The molecule has 0 radical (unpaired) electrons. The van der Waals surface area contributed by atoms with E-state index in [9.17, 15) is 4.79 Å². The normalized spacial score (nSPS) is 12.0. The number of hydrogen-bond donors (Lipinski definition) is 2. The Bertz CT molecular complexity index is 770. The summed E-state index contributed by atoms with van der Waals surface area (Å²) in [6.07, 6.45) is 6.03. The molecule has 0 heterocycles. The van der Waals surface area contributed by atoms with Gasteiger partial charge in [0.05, 0.1) is 13.0 Å². The highest BCUT2D eigenvalue weighted by atomic mass is 16.5. The first-order chi connectivity index (χ1) is 14.5. The van der Waals surface area contributed by atoms with Gasteiger partial charge in [-0.3, -0.25) is 4.79 Å². The van der Waals surface area contributed by atoms with Crippen LogP contribution in [0.4, 0.5) is 0 Å². The van der Waals surface area contributed by atoms with Gasteiger partial charge in [0.25, 0.3) is 0 Å². The quantitative estimate of drug-likeness (QED) is 0.392. The smallest absolute Gasteiger partial charge is 0.304 e. The van der Waals surface area contributed by atoms with Gasteiger partial charge in [0, 0.05) is 13.1 Å². The van der Waals surface area contributed by atoms with E-state index in [1.807, 2.05) is 24.3 Å². The van der Waals surface area contributed by atoms with E-state index in [4.69, 9.17) is 9.84 Å². The van der Waals surface area contributed by atoms with E-state index in [1.54, 1.807) is 0 Å². The molecule has 0 amide bonds. The molecule has 0 spiro atoms. The summed E-state index contributed by atoms with van der Waals surface area (Å²) in [5.74, 6) is 0.826. The first kappa shape index (κ1) is 23.9. The summed E-state index contributed by atoms with van der Waals surface area (Å²) in [5, 5.41) is 11.8. The van der Waals surface area contributed by atoms with Crippen LogP contribution in [0.5, 0.6) is 5.75 Å². The summed E-state index contributed by atoms with van der Waals surface area (Å²) in [5.41, 5.74) is 5.32.